The Morgan fingerprint density at radius 2 is 1.84 bits per heavy atom. The van der Waals surface area contributed by atoms with Gasteiger partial charge in [-0.25, -0.2) is 4.98 Å². The van der Waals surface area contributed by atoms with E-state index in [9.17, 15) is 4.79 Å². The van der Waals surface area contributed by atoms with Crippen molar-refractivity contribution in [2.24, 2.45) is 0 Å². The average Bonchev–Trinajstić information content (AvgIpc) is 2.37. The Hall–Kier alpha value is -1.72. The van der Waals surface area contributed by atoms with E-state index < -0.39 is 0 Å². The van der Waals surface area contributed by atoms with Crippen LogP contribution in [0.4, 0.5) is 5.95 Å². The van der Waals surface area contributed by atoms with Crippen molar-refractivity contribution in [3.63, 3.8) is 0 Å². The first kappa shape index (κ1) is 15.3. The van der Waals surface area contributed by atoms with Crippen LogP contribution >= 0.6 is 0 Å². The fraction of sp³-hybridized carbons (Fsp3) is 0.692. The lowest BCUT2D eigenvalue weighted by molar-refractivity contribution is -0.121. The van der Waals surface area contributed by atoms with Gasteiger partial charge in [-0.3, -0.25) is 4.79 Å². The maximum Gasteiger partial charge on any atom is 0.242 e. The summed E-state index contributed by atoms with van der Waals surface area (Å²) in [5.74, 6) is 0.516. The minimum Gasteiger partial charge on any atom is -0.354 e. The summed E-state index contributed by atoms with van der Waals surface area (Å²) in [6.45, 7) is 8.47. The van der Waals surface area contributed by atoms with E-state index in [0.29, 0.717) is 18.9 Å². The van der Waals surface area contributed by atoms with Gasteiger partial charge >= 0.3 is 0 Å². The third kappa shape index (κ3) is 5.19. The van der Waals surface area contributed by atoms with Crippen LogP contribution in [-0.2, 0) is 17.6 Å². The number of carbonyl (C=O) groups excluding carboxylic acids is 1. The highest BCUT2D eigenvalue weighted by Gasteiger charge is 2.07. The molecule has 6 nitrogen and oxygen atoms in total. The van der Waals surface area contributed by atoms with Gasteiger partial charge in [0.2, 0.25) is 11.9 Å². The molecule has 0 fully saturated rings. The molecule has 0 radical (unpaired) electrons. The van der Waals surface area contributed by atoms with Gasteiger partial charge in [-0.05, 0) is 26.7 Å². The molecule has 1 rings (SSSR count). The van der Waals surface area contributed by atoms with Gasteiger partial charge in [0.1, 0.15) is 0 Å². The summed E-state index contributed by atoms with van der Waals surface area (Å²) in [5.41, 5.74) is 1.90. The molecule has 0 bridgehead atoms. The first-order chi connectivity index (χ1) is 9.06. The minimum atomic E-state index is 0.0244. The standard InChI is InChI=1S/C13H23N5O/c1-5-10-11(6-2)17-18-13(16-10)14-8-7-12(19)15-9(3)4/h9H,5-8H2,1-4H3,(H,15,19)(H,14,16,18). The highest BCUT2D eigenvalue weighted by molar-refractivity contribution is 5.76. The first-order valence-electron chi connectivity index (χ1n) is 6.82. The van der Waals surface area contributed by atoms with Gasteiger partial charge in [0.05, 0.1) is 11.4 Å². The number of hydrogen-bond donors (Lipinski definition) is 2. The van der Waals surface area contributed by atoms with Crippen molar-refractivity contribution in [3.05, 3.63) is 11.4 Å². The topological polar surface area (TPSA) is 79.8 Å². The highest BCUT2D eigenvalue weighted by atomic mass is 16.1. The van der Waals surface area contributed by atoms with E-state index in [1.807, 2.05) is 27.7 Å². The van der Waals surface area contributed by atoms with Crippen LogP contribution in [0.1, 0.15) is 45.5 Å². The second-order valence-corrected chi connectivity index (χ2v) is 4.63. The third-order valence-corrected chi connectivity index (χ3v) is 2.59. The molecule has 0 saturated heterocycles. The zero-order chi connectivity index (χ0) is 14.3. The maximum absolute atomic E-state index is 11.5. The number of nitrogens with zero attached hydrogens (tertiary/aromatic N) is 3. The summed E-state index contributed by atoms with van der Waals surface area (Å²) in [7, 11) is 0. The number of rotatable bonds is 7. The molecule has 0 unspecified atom stereocenters. The van der Waals surface area contributed by atoms with Crippen LogP contribution in [0.3, 0.4) is 0 Å². The summed E-state index contributed by atoms with van der Waals surface area (Å²) in [4.78, 5) is 15.9. The second kappa shape index (κ2) is 7.66. The Morgan fingerprint density at radius 1 is 1.16 bits per heavy atom. The van der Waals surface area contributed by atoms with Crippen LogP contribution in [-0.4, -0.2) is 33.7 Å². The monoisotopic (exact) mass is 265 g/mol. The maximum atomic E-state index is 11.5. The lowest BCUT2D eigenvalue weighted by Crippen LogP contribution is -2.31. The second-order valence-electron chi connectivity index (χ2n) is 4.63. The van der Waals surface area contributed by atoms with E-state index >= 15 is 0 Å². The van der Waals surface area contributed by atoms with Gasteiger partial charge in [-0.2, -0.15) is 5.10 Å². The van der Waals surface area contributed by atoms with Crippen LogP contribution in [0.2, 0.25) is 0 Å². The SMILES string of the molecule is CCc1nnc(NCCC(=O)NC(C)C)nc1CC. The smallest absolute Gasteiger partial charge is 0.242 e. The van der Waals surface area contributed by atoms with E-state index in [2.05, 4.69) is 25.8 Å². The number of hydrogen-bond acceptors (Lipinski definition) is 5. The van der Waals surface area contributed by atoms with Crippen LogP contribution < -0.4 is 10.6 Å². The zero-order valence-electron chi connectivity index (χ0n) is 12.2. The zero-order valence-corrected chi connectivity index (χ0v) is 12.2. The predicted molar refractivity (Wildman–Crippen MR) is 75.0 cm³/mol. The lowest BCUT2D eigenvalue weighted by Gasteiger charge is -2.09. The summed E-state index contributed by atoms with van der Waals surface area (Å²) >= 11 is 0. The van der Waals surface area contributed by atoms with Crippen molar-refractivity contribution < 1.29 is 4.79 Å². The molecule has 2 N–H and O–H groups in total. The molecular formula is C13H23N5O. The largest absolute Gasteiger partial charge is 0.354 e. The Morgan fingerprint density at radius 3 is 2.42 bits per heavy atom. The van der Waals surface area contributed by atoms with Crippen molar-refractivity contribution in [3.8, 4) is 0 Å². The van der Waals surface area contributed by atoms with Gasteiger partial charge in [0.15, 0.2) is 0 Å². The van der Waals surface area contributed by atoms with Gasteiger partial charge in [-0.15, -0.1) is 5.10 Å². The molecule has 6 heteroatoms. The average molecular weight is 265 g/mol. The number of carbonyl (C=O) groups is 1. The van der Waals surface area contributed by atoms with Crippen molar-refractivity contribution in [1.29, 1.82) is 0 Å². The molecule has 106 valence electrons. The van der Waals surface area contributed by atoms with E-state index in [1.165, 1.54) is 0 Å². The van der Waals surface area contributed by atoms with Crippen molar-refractivity contribution >= 4 is 11.9 Å². The molecule has 19 heavy (non-hydrogen) atoms. The van der Waals surface area contributed by atoms with E-state index in [-0.39, 0.29) is 11.9 Å². The van der Waals surface area contributed by atoms with Crippen LogP contribution in [0.15, 0.2) is 0 Å². The highest BCUT2D eigenvalue weighted by Crippen LogP contribution is 2.06. The van der Waals surface area contributed by atoms with Crippen molar-refractivity contribution in [2.75, 3.05) is 11.9 Å². The first-order valence-corrected chi connectivity index (χ1v) is 6.82. The molecule has 0 saturated carbocycles. The van der Waals surface area contributed by atoms with Gasteiger partial charge in [0.25, 0.3) is 0 Å². The number of anilines is 1. The van der Waals surface area contributed by atoms with Crippen LogP contribution in [0, 0.1) is 0 Å². The van der Waals surface area contributed by atoms with Crippen molar-refractivity contribution in [1.82, 2.24) is 20.5 Å². The number of aryl methyl sites for hydroxylation is 2. The van der Waals surface area contributed by atoms with Crippen molar-refractivity contribution in [2.45, 2.75) is 53.0 Å². The number of aromatic nitrogens is 3. The Bertz CT molecular complexity index is 419. The summed E-state index contributed by atoms with van der Waals surface area (Å²) in [5, 5.41) is 14.0. The number of nitrogens with one attached hydrogen (secondary N) is 2. The van der Waals surface area contributed by atoms with Crippen LogP contribution in [0.5, 0.6) is 0 Å². The Kier molecular flexibility index (Phi) is 6.18. The van der Waals surface area contributed by atoms with E-state index in [4.69, 9.17) is 0 Å². The summed E-state index contributed by atoms with van der Waals surface area (Å²) in [6, 6.07) is 0.168. The number of amides is 1. The third-order valence-electron chi connectivity index (χ3n) is 2.59. The molecule has 1 aromatic heterocycles. The predicted octanol–water partition coefficient (Wildman–Crippen LogP) is 1.32. The molecule has 1 amide bonds. The van der Waals surface area contributed by atoms with E-state index in [1.54, 1.807) is 0 Å². The molecule has 0 aliphatic rings. The molecular weight excluding hydrogens is 242 g/mol. The van der Waals surface area contributed by atoms with Gasteiger partial charge in [0, 0.05) is 19.0 Å². The fourth-order valence-corrected chi connectivity index (χ4v) is 1.69. The molecule has 0 atom stereocenters. The summed E-state index contributed by atoms with van der Waals surface area (Å²) in [6.07, 6.45) is 2.07. The molecule has 0 aromatic carbocycles. The molecule has 0 aliphatic heterocycles. The lowest BCUT2D eigenvalue weighted by atomic mass is 10.2. The molecule has 0 aliphatic carbocycles. The molecule has 1 aromatic rings. The minimum absolute atomic E-state index is 0.0244. The molecule has 0 spiro atoms. The Labute approximate surface area is 114 Å². The Balaban J connectivity index is 2.47. The van der Waals surface area contributed by atoms with Gasteiger partial charge in [-0.1, -0.05) is 13.8 Å². The quantitative estimate of drug-likeness (QED) is 0.777. The van der Waals surface area contributed by atoms with Crippen LogP contribution in [0.25, 0.3) is 0 Å². The summed E-state index contributed by atoms with van der Waals surface area (Å²) < 4.78 is 0. The molecule has 1 heterocycles. The van der Waals surface area contributed by atoms with E-state index in [0.717, 1.165) is 24.2 Å². The van der Waals surface area contributed by atoms with Gasteiger partial charge < -0.3 is 10.6 Å². The fourth-order valence-electron chi connectivity index (χ4n) is 1.69. The normalized spacial score (nSPS) is 10.6.